The minimum absolute atomic E-state index is 0.232. The van der Waals surface area contributed by atoms with Crippen molar-refractivity contribution in [2.45, 2.75) is 26.3 Å². The molecule has 0 spiro atoms. The van der Waals surface area contributed by atoms with E-state index in [2.05, 4.69) is 15.6 Å². The van der Waals surface area contributed by atoms with Gasteiger partial charge in [-0.25, -0.2) is 4.98 Å². The summed E-state index contributed by atoms with van der Waals surface area (Å²) in [5.41, 5.74) is 1.25. The largest absolute Gasteiger partial charge is 0.431 e. The van der Waals surface area contributed by atoms with Crippen molar-refractivity contribution in [1.82, 2.24) is 10.3 Å². The van der Waals surface area contributed by atoms with Gasteiger partial charge < -0.3 is 15.4 Å². The van der Waals surface area contributed by atoms with E-state index in [1.165, 1.54) is 11.3 Å². The van der Waals surface area contributed by atoms with Crippen molar-refractivity contribution in [1.29, 1.82) is 0 Å². The molecule has 1 aliphatic rings. The lowest BCUT2D eigenvalue weighted by Gasteiger charge is -2.11. The fourth-order valence-corrected chi connectivity index (χ4v) is 4.50. The first-order chi connectivity index (χ1) is 14.8. The topological polar surface area (TPSA) is 97.4 Å². The van der Waals surface area contributed by atoms with Gasteiger partial charge in [-0.1, -0.05) is 36.8 Å². The van der Waals surface area contributed by atoms with E-state index in [1.54, 1.807) is 30.3 Å². The number of aromatic nitrogens is 1. The van der Waals surface area contributed by atoms with E-state index in [0.29, 0.717) is 28.1 Å². The number of ketones is 1. The summed E-state index contributed by atoms with van der Waals surface area (Å²) in [6, 6.07) is 11.4. The molecular weight excluding hydrogens is 438 g/mol. The molecule has 3 aromatic rings. The van der Waals surface area contributed by atoms with Crippen molar-refractivity contribution in [2.75, 3.05) is 5.32 Å². The lowest BCUT2D eigenvalue weighted by Crippen LogP contribution is -2.33. The van der Waals surface area contributed by atoms with Crippen LogP contribution in [-0.2, 0) is 14.4 Å². The fraction of sp³-hybridized carbons (Fsp3) is 0.273. The Morgan fingerprint density at radius 3 is 2.68 bits per heavy atom. The van der Waals surface area contributed by atoms with E-state index in [-0.39, 0.29) is 11.7 Å². The molecule has 9 heteroatoms. The van der Waals surface area contributed by atoms with Gasteiger partial charge in [0.15, 0.2) is 11.7 Å². The van der Waals surface area contributed by atoms with Crippen molar-refractivity contribution >= 4 is 56.4 Å². The molecule has 2 N–H and O–H groups in total. The molecule has 0 radical (unpaired) electrons. The quantitative estimate of drug-likeness (QED) is 0.534. The molecule has 2 heterocycles. The Morgan fingerprint density at radius 1 is 1.23 bits per heavy atom. The molecule has 4 rings (SSSR count). The second-order valence-electron chi connectivity index (χ2n) is 7.73. The molecule has 2 unspecified atom stereocenters. The summed E-state index contributed by atoms with van der Waals surface area (Å²) in [5, 5.41) is 6.36. The van der Waals surface area contributed by atoms with Crippen molar-refractivity contribution in [3.63, 3.8) is 0 Å². The number of Topliss-reactive ketones (excluding diaryl/α,β-unsaturated/α-hetero) is 1. The summed E-state index contributed by atoms with van der Waals surface area (Å²) in [6.45, 7) is 3.92. The molecule has 2 atom stereocenters. The van der Waals surface area contributed by atoms with Crippen LogP contribution >= 0.6 is 22.9 Å². The number of rotatable bonds is 6. The van der Waals surface area contributed by atoms with Crippen LogP contribution in [0.5, 0.6) is 10.9 Å². The smallest absolute Gasteiger partial charge is 0.279 e. The lowest BCUT2D eigenvalue weighted by molar-refractivity contribution is -0.135. The molecule has 0 saturated carbocycles. The van der Waals surface area contributed by atoms with Gasteiger partial charge in [0.05, 0.1) is 16.3 Å². The number of nitrogens with zero attached hydrogens (tertiary/aromatic N) is 1. The third kappa shape index (κ3) is 4.70. The van der Waals surface area contributed by atoms with Crippen LogP contribution in [0.3, 0.4) is 0 Å². The van der Waals surface area contributed by atoms with E-state index in [9.17, 15) is 14.4 Å². The summed E-state index contributed by atoms with van der Waals surface area (Å²) < 4.78 is 6.70. The van der Waals surface area contributed by atoms with E-state index in [0.717, 1.165) is 10.2 Å². The molecule has 1 saturated heterocycles. The van der Waals surface area contributed by atoms with Gasteiger partial charge in [-0.15, -0.1) is 0 Å². The first-order valence-electron chi connectivity index (χ1n) is 9.79. The third-order valence-corrected chi connectivity index (χ3v) is 5.97. The number of fused-ring (bicyclic) bond motifs is 1. The predicted octanol–water partition coefficient (Wildman–Crippen LogP) is 4.41. The molecule has 1 aliphatic heterocycles. The van der Waals surface area contributed by atoms with E-state index in [1.807, 2.05) is 26.0 Å². The average Bonchev–Trinajstić information content (AvgIpc) is 3.22. The van der Waals surface area contributed by atoms with Crippen LogP contribution in [0.2, 0.25) is 5.02 Å². The van der Waals surface area contributed by atoms with Crippen LogP contribution in [0.4, 0.5) is 5.69 Å². The van der Waals surface area contributed by atoms with Crippen molar-refractivity contribution < 1.29 is 19.1 Å². The number of nitrogens with one attached hydrogen (secondary N) is 2. The van der Waals surface area contributed by atoms with E-state index < -0.39 is 23.8 Å². The van der Waals surface area contributed by atoms with Gasteiger partial charge in [0.25, 0.3) is 5.19 Å². The lowest BCUT2D eigenvalue weighted by atomic mass is 9.96. The molecule has 7 nitrogen and oxygen atoms in total. The second kappa shape index (κ2) is 8.64. The van der Waals surface area contributed by atoms with Crippen molar-refractivity contribution in [3.05, 3.63) is 47.5 Å². The highest BCUT2D eigenvalue weighted by Crippen LogP contribution is 2.33. The minimum atomic E-state index is -1.32. The first-order valence-corrected chi connectivity index (χ1v) is 11.0. The number of hydrogen-bond donors (Lipinski definition) is 2. The number of amides is 2. The summed E-state index contributed by atoms with van der Waals surface area (Å²) in [6.07, 6.45) is 0.512. The zero-order chi connectivity index (χ0) is 22.1. The maximum Gasteiger partial charge on any atom is 0.279 e. The summed E-state index contributed by atoms with van der Waals surface area (Å²) in [5.74, 6) is -2.12. The first kappa shape index (κ1) is 21.3. The van der Waals surface area contributed by atoms with Crippen molar-refractivity contribution in [3.8, 4) is 10.9 Å². The highest BCUT2D eigenvalue weighted by molar-refractivity contribution is 7.20. The molecule has 1 fully saturated rings. The van der Waals surface area contributed by atoms with Gasteiger partial charge in [0.1, 0.15) is 5.75 Å². The molecule has 160 valence electrons. The number of benzene rings is 2. The van der Waals surface area contributed by atoms with Gasteiger partial charge in [-0.05, 0) is 54.8 Å². The van der Waals surface area contributed by atoms with Crippen LogP contribution in [0, 0.1) is 11.8 Å². The molecule has 31 heavy (non-hydrogen) atoms. The molecule has 0 bridgehead atoms. The Bertz CT molecular complexity index is 1160. The number of carbonyl (C=O) groups is 3. The SMILES string of the molecule is CC(C)CC1NC(=O)C(C(=O)Nc2ccc(Oc3nc4ccc(Cl)cc4s3)cc2)C1=O. The zero-order valence-electron chi connectivity index (χ0n) is 16.8. The number of halogens is 1. The maximum absolute atomic E-state index is 12.5. The Labute approximate surface area is 187 Å². The third-order valence-electron chi connectivity index (χ3n) is 4.83. The monoisotopic (exact) mass is 457 g/mol. The maximum atomic E-state index is 12.5. The van der Waals surface area contributed by atoms with Crippen molar-refractivity contribution in [2.24, 2.45) is 11.8 Å². The minimum Gasteiger partial charge on any atom is -0.431 e. The molecular formula is C22H20ClN3O4S. The standard InChI is InChI=1S/C22H20ClN3O4S/c1-11(2)9-16-19(27)18(21(29)25-16)20(28)24-13-4-6-14(7-5-13)30-22-26-15-8-3-12(23)10-17(15)31-22/h3-8,10-11,16,18H,9H2,1-2H3,(H,24,28)(H,25,29). The van der Waals surface area contributed by atoms with Crippen LogP contribution in [0.25, 0.3) is 10.2 Å². The van der Waals surface area contributed by atoms with Crippen LogP contribution in [0.15, 0.2) is 42.5 Å². The molecule has 2 amide bonds. The molecule has 0 aliphatic carbocycles. The van der Waals surface area contributed by atoms with Gasteiger partial charge in [0.2, 0.25) is 11.8 Å². The summed E-state index contributed by atoms with van der Waals surface area (Å²) in [4.78, 5) is 41.5. The second-order valence-corrected chi connectivity index (χ2v) is 9.16. The van der Waals surface area contributed by atoms with Crippen LogP contribution in [-0.4, -0.2) is 28.6 Å². The van der Waals surface area contributed by atoms with E-state index >= 15 is 0 Å². The van der Waals surface area contributed by atoms with Crippen LogP contribution < -0.4 is 15.4 Å². The highest BCUT2D eigenvalue weighted by Gasteiger charge is 2.45. The van der Waals surface area contributed by atoms with Crippen LogP contribution in [0.1, 0.15) is 20.3 Å². The Balaban J connectivity index is 1.40. The van der Waals surface area contributed by atoms with Gasteiger partial charge in [0, 0.05) is 10.7 Å². The summed E-state index contributed by atoms with van der Waals surface area (Å²) >= 11 is 7.37. The predicted molar refractivity (Wildman–Crippen MR) is 120 cm³/mol. The number of ether oxygens (including phenoxy) is 1. The van der Waals surface area contributed by atoms with Gasteiger partial charge in [-0.2, -0.15) is 0 Å². The normalized spacial score (nSPS) is 18.5. The van der Waals surface area contributed by atoms with Gasteiger partial charge in [-0.3, -0.25) is 14.4 Å². The summed E-state index contributed by atoms with van der Waals surface area (Å²) in [7, 11) is 0. The number of anilines is 1. The molecule has 2 aromatic carbocycles. The zero-order valence-corrected chi connectivity index (χ0v) is 18.4. The number of carbonyl (C=O) groups excluding carboxylic acids is 3. The average molecular weight is 458 g/mol. The van der Waals surface area contributed by atoms with Gasteiger partial charge >= 0.3 is 0 Å². The molecule has 1 aromatic heterocycles. The number of thiazole rings is 1. The Kier molecular flexibility index (Phi) is 5.93. The number of hydrogen-bond acceptors (Lipinski definition) is 6. The van der Waals surface area contributed by atoms with E-state index in [4.69, 9.17) is 16.3 Å². The fourth-order valence-electron chi connectivity index (χ4n) is 3.39. The Morgan fingerprint density at radius 2 is 1.97 bits per heavy atom. The highest BCUT2D eigenvalue weighted by atomic mass is 35.5. The Hall–Kier alpha value is -2.97.